The molecule has 4 nitrogen and oxygen atoms in total. The van der Waals surface area contributed by atoms with E-state index in [1.165, 1.54) is 18.1 Å². The minimum Gasteiger partial charge on any atom is -0.497 e. The topological polar surface area (TPSA) is 47.6 Å². The van der Waals surface area contributed by atoms with E-state index >= 15 is 0 Å². The maximum Gasteiger partial charge on any atom is 0.216 e. The summed E-state index contributed by atoms with van der Waals surface area (Å²) >= 11 is 0. The fraction of sp³-hybridized carbons (Fsp3) is 0.316. The van der Waals surface area contributed by atoms with Gasteiger partial charge in [0, 0.05) is 19.4 Å². The lowest BCUT2D eigenvalue weighted by molar-refractivity contribution is -0.118. The zero-order valence-electron chi connectivity index (χ0n) is 13.8. The molecule has 0 saturated carbocycles. The van der Waals surface area contributed by atoms with Gasteiger partial charge in [-0.3, -0.25) is 4.79 Å². The van der Waals surface area contributed by atoms with Crippen molar-refractivity contribution in [2.45, 2.75) is 19.3 Å². The van der Waals surface area contributed by atoms with E-state index in [2.05, 4.69) is 29.6 Å². The second-order valence-corrected chi connectivity index (χ2v) is 5.37. The number of carbonyl (C=O) groups excluding carboxylic acids is 1. The van der Waals surface area contributed by atoms with Crippen LogP contribution in [-0.4, -0.2) is 26.7 Å². The molecular formula is C19H23NO3. The summed E-state index contributed by atoms with van der Waals surface area (Å²) in [6.07, 6.45) is 0.832. The van der Waals surface area contributed by atoms with Crippen LogP contribution < -0.4 is 14.8 Å². The normalized spacial score (nSPS) is 10.4. The highest BCUT2D eigenvalue weighted by atomic mass is 16.5. The average Bonchev–Trinajstić information content (AvgIpc) is 2.59. The number of benzene rings is 2. The third-order valence-corrected chi connectivity index (χ3v) is 3.84. The van der Waals surface area contributed by atoms with E-state index in [9.17, 15) is 4.79 Å². The molecule has 0 heterocycles. The van der Waals surface area contributed by atoms with Gasteiger partial charge in [0.25, 0.3) is 0 Å². The van der Waals surface area contributed by atoms with Crippen LogP contribution in [0.4, 0.5) is 0 Å². The van der Waals surface area contributed by atoms with Gasteiger partial charge in [0.1, 0.15) is 11.5 Å². The minimum atomic E-state index is -0.00629. The highest BCUT2D eigenvalue weighted by molar-refractivity contribution is 5.72. The standard InChI is InChI=1S/C19H23NO3/c1-14(21)20-13-12-19(15-4-8-17(22-2)9-5-15)16-6-10-18(23-3)11-7-16/h4-11,19H,12-13H2,1-3H3,(H,20,21). The predicted octanol–water partition coefficient (Wildman–Crippen LogP) is 3.36. The summed E-state index contributed by atoms with van der Waals surface area (Å²) in [5.74, 6) is 1.88. The summed E-state index contributed by atoms with van der Waals surface area (Å²) < 4.78 is 10.4. The van der Waals surface area contributed by atoms with Crippen molar-refractivity contribution in [2.75, 3.05) is 20.8 Å². The Labute approximate surface area is 137 Å². The van der Waals surface area contributed by atoms with E-state index in [1.54, 1.807) is 14.2 Å². The van der Waals surface area contributed by atoms with Crippen molar-refractivity contribution in [1.29, 1.82) is 0 Å². The van der Waals surface area contributed by atoms with E-state index in [4.69, 9.17) is 9.47 Å². The number of methoxy groups -OCH3 is 2. The van der Waals surface area contributed by atoms with Crippen LogP contribution in [0.1, 0.15) is 30.4 Å². The smallest absolute Gasteiger partial charge is 0.216 e. The first-order valence-electron chi connectivity index (χ1n) is 7.66. The number of ether oxygens (including phenoxy) is 2. The largest absolute Gasteiger partial charge is 0.497 e. The molecule has 2 aromatic carbocycles. The molecule has 23 heavy (non-hydrogen) atoms. The molecule has 1 N–H and O–H groups in total. The number of amides is 1. The van der Waals surface area contributed by atoms with Crippen LogP contribution in [0.25, 0.3) is 0 Å². The maximum absolute atomic E-state index is 11.1. The first kappa shape index (κ1) is 16.9. The Morgan fingerprint density at radius 2 is 1.35 bits per heavy atom. The number of rotatable bonds is 7. The van der Waals surface area contributed by atoms with Gasteiger partial charge < -0.3 is 14.8 Å². The number of hydrogen-bond donors (Lipinski definition) is 1. The molecule has 0 aliphatic carbocycles. The van der Waals surface area contributed by atoms with Gasteiger partial charge in [-0.1, -0.05) is 24.3 Å². The first-order chi connectivity index (χ1) is 11.1. The molecule has 0 radical (unpaired) electrons. The molecule has 0 aliphatic heterocycles. The van der Waals surface area contributed by atoms with Gasteiger partial charge in [-0.2, -0.15) is 0 Å². The highest BCUT2D eigenvalue weighted by Crippen LogP contribution is 2.30. The molecule has 0 atom stereocenters. The van der Waals surface area contributed by atoms with E-state index in [0.717, 1.165) is 17.9 Å². The fourth-order valence-electron chi connectivity index (χ4n) is 2.59. The van der Waals surface area contributed by atoms with E-state index in [0.29, 0.717) is 6.54 Å². The van der Waals surface area contributed by atoms with Crippen LogP contribution >= 0.6 is 0 Å². The predicted molar refractivity (Wildman–Crippen MR) is 91.1 cm³/mol. The second-order valence-electron chi connectivity index (χ2n) is 5.37. The molecule has 1 amide bonds. The Bertz CT molecular complexity index is 573. The second kappa shape index (κ2) is 8.22. The van der Waals surface area contributed by atoms with Gasteiger partial charge in [-0.25, -0.2) is 0 Å². The van der Waals surface area contributed by atoms with Gasteiger partial charge in [-0.15, -0.1) is 0 Å². The number of hydrogen-bond acceptors (Lipinski definition) is 3. The fourth-order valence-corrected chi connectivity index (χ4v) is 2.59. The van der Waals surface area contributed by atoms with Gasteiger partial charge in [0.2, 0.25) is 5.91 Å². The zero-order valence-corrected chi connectivity index (χ0v) is 13.8. The lowest BCUT2D eigenvalue weighted by Gasteiger charge is -2.19. The maximum atomic E-state index is 11.1. The summed E-state index contributed by atoms with van der Waals surface area (Å²) in [5.41, 5.74) is 2.39. The van der Waals surface area contributed by atoms with Gasteiger partial charge in [-0.05, 0) is 41.8 Å². The highest BCUT2D eigenvalue weighted by Gasteiger charge is 2.14. The monoisotopic (exact) mass is 313 g/mol. The molecule has 122 valence electrons. The Morgan fingerprint density at radius 1 is 0.913 bits per heavy atom. The molecular weight excluding hydrogens is 290 g/mol. The van der Waals surface area contributed by atoms with Crippen molar-refractivity contribution < 1.29 is 14.3 Å². The Hall–Kier alpha value is -2.49. The molecule has 2 rings (SSSR count). The molecule has 0 spiro atoms. The minimum absolute atomic E-state index is 0.00629. The first-order valence-corrected chi connectivity index (χ1v) is 7.66. The Kier molecular flexibility index (Phi) is 6.03. The van der Waals surface area contributed by atoms with Crippen molar-refractivity contribution in [3.8, 4) is 11.5 Å². The molecule has 0 unspecified atom stereocenters. The average molecular weight is 313 g/mol. The van der Waals surface area contributed by atoms with Crippen molar-refractivity contribution in [3.05, 3.63) is 59.7 Å². The summed E-state index contributed by atoms with van der Waals surface area (Å²) in [4.78, 5) is 11.1. The van der Waals surface area contributed by atoms with E-state index < -0.39 is 0 Å². The molecule has 0 aliphatic rings. The van der Waals surface area contributed by atoms with Gasteiger partial charge in [0.15, 0.2) is 0 Å². The van der Waals surface area contributed by atoms with Crippen LogP contribution in [0.2, 0.25) is 0 Å². The third kappa shape index (κ3) is 4.74. The third-order valence-electron chi connectivity index (χ3n) is 3.84. The van der Waals surface area contributed by atoms with Crippen LogP contribution in [0.5, 0.6) is 11.5 Å². The summed E-state index contributed by atoms with van der Waals surface area (Å²) in [5, 5.41) is 2.87. The Morgan fingerprint density at radius 3 is 1.70 bits per heavy atom. The summed E-state index contributed by atoms with van der Waals surface area (Å²) in [7, 11) is 3.32. The molecule has 4 heteroatoms. The summed E-state index contributed by atoms with van der Waals surface area (Å²) in [6, 6.07) is 16.1. The number of carbonyl (C=O) groups is 1. The van der Waals surface area contributed by atoms with E-state index in [-0.39, 0.29) is 11.8 Å². The van der Waals surface area contributed by atoms with Crippen LogP contribution in [-0.2, 0) is 4.79 Å². The van der Waals surface area contributed by atoms with Crippen molar-refractivity contribution in [3.63, 3.8) is 0 Å². The molecule has 0 bridgehead atoms. The van der Waals surface area contributed by atoms with Gasteiger partial charge >= 0.3 is 0 Å². The molecule has 0 aromatic heterocycles. The quantitative estimate of drug-likeness (QED) is 0.852. The lowest BCUT2D eigenvalue weighted by Crippen LogP contribution is -2.22. The van der Waals surface area contributed by atoms with Crippen molar-refractivity contribution in [1.82, 2.24) is 5.32 Å². The SMILES string of the molecule is COc1ccc(C(CCNC(C)=O)c2ccc(OC)cc2)cc1. The molecule has 0 saturated heterocycles. The van der Waals surface area contributed by atoms with Crippen LogP contribution in [0, 0.1) is 0 Å². The summed E-state index contributed by atoms with van der Waals surface area (Å²) in [6.45, 7) is 2.17. The zero-order chi connectivity index (χ0) is 16.7. The Balaban J connectivity index is 2.23. The van der Waals surface area contributed by atoms with Crippen molar-refractivity contribution >= 4 is 5.91 Å². The van der Waals surface area contributed by atoms with Crippen molar-refractivity contribution in [2.24, 2.45) is 0 Å². The molecule has 2 aromatic rings. The molecule has 0 fully saturated rings. The van der Waals surface area contributed by atoms with Gasteiger partial charge in [0.05, 0.1) is 14.2 Å². The van der Waals surface area contributed by atoms with Crippen LogP contribution in [0.15, 0.2) is 48.5 Å². The number of nitrogens with one attached hydrogen (secondary N) is 1. The lowest BCUT2D eigenvalue weighted by atomic mass is 9.88. The van der Waals surface area contributed by atoms with E-state index in [1.807, 2.05) is 24.3 Å². The van der Waals surface area contributed by atoms with Crippen LogP contribution in [0.3, 0.4) is 0 Å².